The van der Waals surface area contributed by atoms with Gasteiger partial charge in [-0.05, 0) is 29.9 Å². The highest BCUT2D eigenvalue weighted by Gasteiger charge is 2.31. The molecule has 1 aromatic rings. The summed E-state index contributed by atoms with van der Waals surface area (Å²) >= 11 is 6.01. The van der Waals surface area contributed by atoms with Gasteiger partial charge in [-0.2, -0.15) is 15.0 Å². The van der Waals surface area contributed by atoms with E-state index in [4.69, 9.17) is 16.3 Å². The molecule has 20 heavy (non-hydrogen) atoms. The number of halogens is 1. The van der Waals surface area contributed by atoms with Crippen LogP contribution in [-0.4, -0.2) is 47.8 Å². The van der Waals surface area contributed by atoms with Gasteiger partial charge in [-0.1, -0.05) is 13.3 Å². The maximum atomic E-state index is 6.01. The van der Waals surface area contributed by atoms with Gasteiger partial charge in [0.2, 0.25) is 17.2 Å². The summed E-state index contributed by atoms with van der Waals surface area (Å²) in [4.78, 5) is 14.9. The molecule has 0 radical (unpaired) electrons. The van der Waals surface area contributed by atoms with Gasteiger partial charge in [0.1, 0.15) is 0 Å². The van der Waals surface area contributed by atoms with Crippen LogP contribution in [0.15, 0.2) is 0 Å². The molecule has 0 bridgehead atoms. The van der Waals surface area contributed by atoms with Crippen molar-refractivity contribution in [2.75, 3.05) is 43.1 Å². The Morgan fingerprint density at radius 1 is 1.25 bits per heavy atom. The molecule has 6 nitrogen and oxygen atoms in total. The summed E-state index contributed by atoms with van der Waals surface area (Å²) in [7, 11) is 0. The first-order chi connectivity index (χ1) is 9.65. The Bertz CT molecular complexity index is 474. The van der Waals surface area contributed by atoms with Crippen molar-refractivity contribution in [2.45, 2.75) is 26.2 Å². The van der Waals surface area contributed by atoms with Gasteiger partial charge in [-0.3, -0.25) is 0 Å². The largest absolute Gasteiger partial charge is 0.378 e. The van der Waals surface area contributed by atoms with Crippen LogP contribution in [-0.2, 0) is 4.74 Å². The smallest absolute Gasteiger partial charge is 0.231 e. The molecule has 0 unspecified atom stereocenters. The van der Waals surface area contributed by atoms with Gasteiger partial charge < -0.3 is 15.0 Å². The van der Waals surface area contributed by atoms with E-state index in [2.05, 4.69) is 32.1 Å². The average molecular weight is 298 g/mol. The van der Waals surface area contributed by atoms with E-state index in [0.29, 0.717) is 30.5 Å². The lowest BCUT2D eigenvalue weighted by Gasteiger charge is -2.38. The van der Waals surface area contributed by atoms with Gasteiger partial charge in [0, 0.05) is 19.6 Å². The van der Waals surface area contributed by atoms with Crippen molar-refractivity contribution in [3.63, 3.8) is 0 Å². The highest BCUT2D eigenvalue weighted by Crippen LogP contribution is 2.40. The fraction of sp³-hybridized carbons (Fsp3) is 0.769. The van der Waals surface area contributed by atoms with Crippen molar-refractivity contribution in [3.8, 4) is 0 Å². The van der Waals surface area contributed by atoms with E-state index in [-0.39, 0.29) is 5.28 Å². The summed E-state index contributed by atoms with van der Waals surface area (Å²) in [5, 5.41) is 3.54. The number of morpholine rings is 1. The van der Waals surface area contributed by atoms with Crippen molar-refractivity contribution in [1.29, 1.82) is 0 Å². The van der Waals surface area contributed by atoms with Crippen molar-refractivity contribution >= 4 is 23.5 Å². The third-order valence-electron chi connectivity index (χ3n) is 4.12. The van der Waals surface area contributed by atoms with E-state index in [1.807, 2.05) is 0 Å². The molecule has 1 aliphatic carbocycles. The molecule has 110 valence electrons. The molecule has 1 N–H and O–H groups in total. The van der Waals surface area contributed by atoms with Crippen molar-refractivity contribution in [2.24, 2.45) is 5.41 Å². The second kappa shape index (κ2) is 5.69. The molecule has 2 fully saturated rings. The number of aromatic nitrogens is 3. The molecule has 2 heterocycles. The predicted molar refractivity (Wildman–Crippen MR) is 78.3 cm³/mol. The Balaban J connectivity index is 1.69. The molecular formula is C13H20ClN5O. The summed E-state index contributed by atoms with van der Waals surface area (Å²) in [5.41, 5.74) is 0.373. The topological polar surface area (TPSA) is 63.2 Å². The van der Waals surface area contributed by atoms with Crippen LogP contribution in [0.2, 0.25) is 5.28 Å². The molecule has 7 heteroatoms. The SMILES string of the molecule is CC1(CNc2nc(Cl)nc(N3CCOCC3)n2)CCC1. The minimum absolute atomic E-state index is 0.239. The molecule has 0 amide bonds. The molecule has 2 aliphatic rings. The zero-order valence-electron chi connectivity index (χ0n) is 11.7. The Hall–Kier alpha value is -1.14. The monoisotopic (exact) mass is 297 g/mol. The van der Waals surface area contributed by atoms with Gasteiger partial charge >= 0.3 is 0 Å². The Labute approximate surface area is 123 Å². The lowest BCUT2D eigenvalue weighted by Crippen LogP contribution is -2.38. The highest BCUT2D eigenvalue weighted by molar-refractivity contribution is 6.28. The van der Waals surface area contributed by atoms with Crippen LogP contribution in [0.1, 0.15) is 26.2 Å². The normalized spacial score (nSPS) is 21.4. The zero-order valence-corrected chi connectivity index (χ0v) is 12.5. The second-order valence-electron chi connectivity index (χ2n) is 5.85. The molecular weight excluding hydrogens is 278 g/mol. The number of hydrogen-bond acceptors (Lipinski definition) is 6. The summed E-state index contributed by atoms with van der Waals surface area (Å²) in [6.45, 7) is 6.15. The standard InChI is InChI=1S/C13H20ClN5O/c1-13(3-2-4-13)9-15-11-16-10(14)17-12(18-11)19-5-7-20-8-6-19/h2-9H2,1H3,(H,15,16,17,18). The Morgan fingerprint density at radius 2 is 2.00 bits per heavy atom. The maximum absolute atomic E-state index is 6.01. The lowest BCUT2D eigenvalue weighted by atomic mass is 9.70. The van der Waals surface area contributed by atoms with Crippen LogP contribution in [0.5, 0.6) is 0 Å². The van der Waals surface area contributed by atoms with E-state index in [1.165, 1.54) is 19.3 Å². The number of hydrogen-bond donors (Lipinski definition) is 1. The van der Waals surface area contributed by atoms with Crippen LogP contribution in [0.4, 0.5) is 11.9 Å². The summed E-state index contributed by atoms with van der Waals surface area (Å²) in [5.74, 6) is 1.20. The van der Waals surface area contributed by atoms with Crippen LogP contribution in [0.3, 0.4) is 0 Å². The fourth-order valence-corrected chi connectivity index (χ4v) is 2.73. The number of rotatable bonds is 4. The van der Waals surface area contributed by atoms with Gasteiger partial charge in [-0.25, -0.2) is 0 Å². The first-order valence-corrected chi connectivity index (χ1v) is 7.51. The zero-order chi connectivity index (χ0) is 14.0. The van der Waals surface area contributed by atoms with Crippen molar-refractivity contribution in [3.05, 3.63) is 5.28 Å². The molecule has 3 rings (SSSR count). The van der Waals surface area contributed by atoms with Gasteiger partial charge in [0.05, 0.1) is 13.2 Å². The first kappa shape index (κ1) is 13.8. The van der Waals surface area contributed by atoms with Crippen LogP contribution in [0, 0.1) is 5.41 Å². The Kier molecular flexibility index (Phi) is 3.94. The predicted octanol–water partition coefficient (Wildman–Crippen LogP) is 1.96. The van der Waals surface area contributed by atoms with E-state index < -0.39 is 0 Å². The maximum Gasteiger partial charge on any atom is 0.231 e. The third kappa shape index (κ3) is 3.12. The van der Waals surface area contributed by atoms with Crippen LogP contribution >= 0.6 is 11.6 Å². The Morgan fingerprint density at radius 3 is 2.65 bits per heavy atom. The number of anilines is 2. The van der Waals surface area contributed by atoms with E-state index in [1.54, 1.807) is 0 Å². The highest BCUT2D eigenvalue weighted by atomic mass is 35.5. The minimum atomic E-state index is 0.239. The molecule has 1 saturated heterocycles. The van der Waals surface area contributed by atoms with Gasteiger partial charge in [0.25, 0.3) is 0 Å². The fourth-order valence-electron chi connectivity index (χ4n) is 2.57. The number of ether oxygens (including phenoxy) is 1. The van der Waals surface area contributed by atoms with Crippen LogP contribution < -0.4 is 10.2 Å². The molecule has 1 aliphatic heterocycles. The molecule has 0 spiro atoms. The molecule has 1 saturated carbocycles. The van der Waals surface area contributed by atoms with Crippen molar-refractivity contribution < 1.29 is 4.74 Å². The van der Waals surface area contributed by atoms with Gasteiger partial charge in [0.15, 0.2) is 0 Å². The summed E-state index contributed by atoms with van der Waals surface area (Å²) < 4.78 is 5.33. The number of nitrogens with zero attached hydrogens (tertiary/aromatic N) is 4. The molecule has 1 aromatic heterocycles. The summed E-state index contributed by atoms with van der Waals surface area (Å²) in [6, 6.07) is 0. The van der Waals surface area contributed by atoms with E-state index >= 15 is 0 Å². The average Bonchev–Trinajstić information content (AvgIpc) is 2.43. The lowest BCUT2D eigenvalue weighted by molar-refractivity contribution is 0.122. The molecule has 0 atom stereocenters. The van der Waals surface area contributed by atoms with E-state index in [9.17, 15) is 0 Å². The van der Waals surface area contributed by atoms with Crippen LogP contribution in [0.25, 0.3) is 0 Å². The van der Waals surface area contributed by atoms with Crippen molar-refractivity contribution in [1.82, 2.24) is 15.0 Å². The second-order valence-corrected chi connectivity index (χ2v) is 6.18. The number of nitrogens with one attached hydrogen (secondary N) is 1. The quantitative estimate of drug-likeness (QED) is 0.917. The van der Waals surface area contributed by atoms with Gasteiger partial charge in [-0.15, -0.1) is 0 Å². The summed E-state index contributed by atoms with van der Waals surface area (Å²) in [6.07, 6.45) is 3.83. The molecule has 0 aromatic carbocycles. The minimum Gasteiger partial charge on any atom is -0.378 e. The first-order valence-electron chi connectivity index (χ1n) is 7.13. The third-order valence-corrected chi connectivity index (χ3v) is 4.29. The van der Waals surface area contributed by atoms with E-state index in [0.717, 1.165) is 19.6 Å².